The van der Waals surface area contributed by atoms with Crippen molar-refractivity contribution in [3.63, 3.8) is 0 Å². The molecule has 1 saturated heterocycles. The van der Waals surface area contributed by atoms with Crippen LogP contribution in [-0.4, -0.2) is 60.4 Å². The van der Waals surface area contributed by atoms with E-state index < -0.39 is 0 Å². The Bertz CT molecular complexity index is 1030. The number of hydrogen-bond acceptors (Lipinski definition) is 4. The first kappa shape index (κ1) is 18.6. The van der Waals surface area contributed by atoms with E-state index >= 15 is 0 Å². The van der Waals surface area contributed by atoms with Crippen LogP contribution in [0.5, 0.6) is 5.75 Å². The first-order chi connectivity index (χ1) is 14.1. The van der Waals surface area contributed by atoms with Gasteiger partial charge in [-0.15, -0.1) is 0 Å². The predicted molar refractivity (Wildman–Crippen MR) is 110 cm³/mol. The summed E-state index contributed by atoms with van der Waals surface area (Å²) in [4.78, 5) is 25.3. The number of aromatic amines is 1. The summed E-state index contributed by atoms with van der Waals surface area (Å²) < 4.78 is 5.19. The van der Waals surface area contributed by atoms with Crippen molar-refractivity contribution >= 4 is 28.8 Å². The lowest BCUT2D eigenvalue weighted by atomic mass is 10.0. The van der Waals surface area contributed by atoms with Crippen molar-refractivity contribution in [3.8, 4) is 16.9 Å². The number of urea groups is 2. The minimum absolute atomic E-state index is 0.0989. The van der Waals surface area contributed by atoms with Crippen LogP contribution in [0.3, 0.4) is 0 Å². The highest BCUT2D eigenvalue weighted by atomic mass is 16.5. The smallest absolute Gasteiger partial charge is 0.320 e. The second kappa shape index (κ2) is 8.09. The van der Waals surface area contributed by atoms with Gasteiger partial charge in [-0.3, -0.25) is 10.4 Å². The van der Waals surface area contributed by atoms with Crippen molar-refractivity contribution in [1.82, 2.24) is 25.7 Å². The lowest BCUT2D eigenvalue weighted by Gasteiger charge is -2.14. The molecule has 0 saturated carbocycles. The van der Waals surface area contributed by atoms with Crippen LogP contribution in [0.1, 0.15) is 0 Å². The molecule has 4 rings (SSSR count). The predicted octanol–water partition coefficient (Wildman–Crippen LogP) is 2.39. The maximum atomic E-state index is 12.2. The van der Waals surface area contributed by atoms with Gasteiger partial charge in [-0.25, -0.2) is 9.59 Å². The number of methoxy groups -OCH3 is 1. The Kier molecular flexibility index (Phi) is 5.19. The van der Waals surface area contributed by atoms with E-state index in [1.807, 2.05) is 42.5 Å². The van der Waals surface area contributed by atoms with Crippen molar-refractivity contribution in [3.05, 3.63) is 42.5 Å². The van der Waals surface area contributed by atoms with Crippen molar-refractivity contribution in [2.45, 2.75) is 0 Å². The highest BCUT2D eigenvalue weighted by molar-refractivity contribution is 6.00. The van der Waals surface area contributed by atoms with Gasteiger partial charge in [0, 0.05) is 31.6 Å². The summed E-state index contributed by atoms with van der Waals surface area (Å²) in [5.41, 5.74) is 2.91. The molecule has 150 valence electrons. The summed E-state index contributed by atoms with van der Waals surface area (Å²) >= 11 is 0. The van der Waals surface area contributed by atoms with Gasteiger partial charge in [0.2, 0.25) is 0 Å². The fourth-order valence-corrected chi connectivity index (χ4v) is 3.26. The third-order valence-corrected chi connectivity index (χ3v) is 4.83. The molecule has 9 nitrogen and oxygen atoms in total. The summed E-state index contributed by atoms with van der Waals surface area (Å²) in [5.74, 6) is 1.26. The maximum Gasteiger partial charge on any atom is 0.320 e. The lowest BCUT2D eigenvalue weighted by Crippen LogP contribution is -2.38. The zero-order chi connectivity index (χ0) is 20.2. The lowest BCUT2D eigenvalue weighted by molar-refractivity contribution is 0.216. The minimum Gasteiger partial charge on any atom is -0.497 e. The quantitative estimate of drug-likeness (QED) is 0.514. The van der Waals surface area contributed by atoms with Gasteiger partial charge >= 0.3 is 12.1 Å². The summed E-state index contributed by atoms with van der Waals surface area (Å²) in [6.45, 7) is 2.13. The largest absolute Gasteiger partial charge is 0.497 e. The van der Waals surface area contributed by atoms with E-state index in [4.69, 9.17) is 4.74 Å². The van der Waals surface area contributed by atoms with Gasteiger partial charge in [-0.1, -0.05) is 18.2 Å². The number of fused-ring (bicyclic) bond motifs is 1. The van der Waals surface area contributed by atoms with Gasteiger partial charge in [-0.2, -0.15) is 5.10 Å². The second-order valence-corrected chi connectivity index (χ2v) is 6.66. The maximum absolute atomic E-state index is 12.2. The zero-order valence-corrected chi connectivity index (χ0v) is 16.0. The van der Waals surface area contributed by atoms with Gasteiger partial charge < -0.3 is 20.3 Å². The second-order valence-electron chi connectivity index (χ2n) is 6.66. The molecular formula is C20H22N6O3. The molecule has 0 radical (unpaired) electrons. The zero-order valence-electron chi connectivity index (χ0n) is 16.0. The van der Waals surface area contributed by atoms with Gasteiger partial charge in [-0.05, 0) is 35.4 Å². The van der Waals surface area contributed by atoms with E-state index in [0.717, 1.165) is 27.8 Å². The van der Waals surface area contributed by atoms with Gasteiger partial charge in [0.1, 0.15) is 5.75 Å². The number of benzene rings is 2. The molecule has 1 aromatic heterocycles. The van der Waals surface area contributed by atoms with Crippen molar-refractivity contribution in [2.24, 2.45) is 0 Å². The van der Waals surface area contributed by atoms with E-state index in [9.17, 15) is 9.59 Å². The molecule has 1 fully saturated rings. The summed E-state index contributed by atoms with van der Waals surface area (Å²) in [6.07, 6.45) is 0. The Hall–Kier alpha value is -3.75. The number of ether oxygens (including phenoxy) is 1. The van der Waals surface area contributed by atoms with Crippen LogP contribution in [-0.2, 0) is 0 Å². The summed E-state index contributed by atoms with van der Waals surface area (Å²) in [5, 5.41) is 16.2. The van der Waals surface area contributed by atoms with Crippen LogP contribution in [0.2, 0.25) is 0 Å². The Morgan fingerprint density at radius 3 is 2.72 bits per heavy atom. The van der Waals surface area contributed by atoms with Crippen LogP contribution in [0, 0.1) is 0 Å². The molecule has 0 bridgehead atoms. The Labute approximate surface area is 167 Å². The number of hydrogen-bond donors (Lipinski definition) is 4. The summed E-state index contributed by atoms with van der Waals surface area (Å²) in [6, 6.07) is 13.2. The van der Waals surface area contributed by atoms with Crippen molar-refractivity contribution in [1.29, 1.82) is 0 Å². The molecule has 0 spiro atoms. The molecule has 2 aromatic carbocycles. The number of H-pyrrole nitrogens is 1. The monoisotopic (exact) mass is 394 g/mol. The van der Waals surface area contributed by atoms with Crippen LogP contribution in [0.25, 0.3) is 22.0 Å². The highest BCUT2D eigenvalue weighted by Crippen LogP contribution is 2.28. The molecule has 4 amide bonds. The Morgan fingerprint density at radius 2 is 2.00 bits per heavy atom. The van der Waals surface area contributed by atoms with Crippen LogP contribution >= 0.6 is 0 Å². The van der Waals surface area contributed by atoms with Crippen LogP contribution in [0.15, 0.2) is 42.5 Å². The first-order valence-electron chi connectivity index (χ1n) is 9.34. The molecule has 29 heavy (non-hydrogen) atoms. The number of amides is 4. The van der Waals surface area contributed by atoms with Crippen LogP contribution < -0.4 is 20.7 Å². The SMILES string of the molecule is COc1ccc(-c2ccc3c(NC(=O)NCCN4CCNC4=O)n[nH]c3c2)cc1. The number of carbonyl (C=O) groups excluding carboxylic acids is 2. The van der Waals surface area contributed by atoms with Gasteiger partial charge in [0.15, 0.2) is 5.82 Å². The number of nitrogens with one attached hydrogen (secondary N) is 4. The molecule has 9 heteroatoms. The topological polar surface area (TPSA) is 111 Å². The van der Waals surface area contributed by atoms with E-state index in [2.05, 4.69) is 26.1 Å². The van der Waals surface area contributed by atoms with E-state index in [0.29, 0.717) is 32.0 Å². The molecule has 2 heterocycles. The molecule has 0 atom stereocenters. The third kappa shape index (κ3) is 4.08. The fourth-order valence-electron chi connectivity index (χ4n) is 3.26. The molecule has 3 aromatic rings. The van der Waals surface area contributed by atoms with E-state index in [-0.39, 0.29) is 12.1 Å². The van der Waals surface area contributed by atoms with E-state index in [1.165, 1.54) is 0 Å². The van der Waals surface area contributed by atoms with Crippen LogP contribution in [0.4, 0.5) is 15.4 Å². The average molecular weight is 394 g/mol. The minimum atomic E-state index is -0.364. The van der Waals surface area contributed by atoms with Crippen molar-refractivity contribution in [2.75, 3.05) is 38.6 Å². The summed E-state index contributed by atoms with van der Waals surface area (Å²) in [7, 11) is 1.64. The third-order valence-electron chi connectivity index (χ3n) is 4.83. The Balaban J connectivity index is 1.39. The molecule has 0 aliphatic carbocycles. The number of aromatic nitrogens is 2. The number of carbonyl (C=O) groups is 2. The normalized spacial score (nSPS) is 13.4. The fraction of sp³-hybridized carbons (Fsp3) is 0.250. The average Bonchev–Trinajstić information content (AvgIpc) is 3.34. The highest BCUT2D eigenvalue weighted by Gasteiger charge is 2.18. The van der Waals surface area contributed by atoms with Crippen molar-refractivity contribution < 1.29 is 14.3 Å². The molecule has 1 aliphatic rings. The standard InChI is InChI=1S/C20H22N6O3/c1-29-15-5-2-13(3-6-15)14-4-7-16-17(12-14)24-25-18(16)23-19(27)21-8-10-26-11-9-22-20(26)28/h2-7,12H,8-11H2,1H3,(H,22,28)(H3,21,23,24,25,27). The molecule has 4 N–H and O–H groups in total. The van der Waals surface area contributed by atoms with Gasteiger partial charge in [0.25, 0.3) is 0 Å². The number of nitrogens with zero attached hydrogens (tertiary/aromatic N) is 2. The van der Waals surface area contributed by atoms with E-state index in [1.54, 1.807) is 12.0 Å². The molecular weight excluding hydrogens is 372 g/mol. The van der Waals surface area contributed by atoms with Gasteiger partial charge in [0.05, 0.1) is 12.6 Å². The number of anilines is 1. The molecule has 0 unspecified atom stereocenters. The molecule has 1 aliphatic heterocycles. The first-order valence-corrected chi connectivity index (χ1v) is 9.34. The Morgan fingerprint density at radius 1 is 1.21 bits per heavy atom. The number of rotatable bonds is 6.